The van der Waals surface area contributed by atoms with Gasteiger partial charge in [-0.3, -0.25) is 4.68 Å². The third kappa shape index (κ3) is 5.00. The first kappa shape index (κ1) is 18.2. The third-order valence-electron chi connectivity index (χ3n) is 2.99. The quantitative estimate of drug-likeness (QED) is 0.451. The number of aromatic nitrogens is 2. The van der Waals surface area contributed by atoms with Crippen LogP contribution in [0.5, 0.6) is 0 Å². The van der Waals surface area contributed by atoms with Crippen LogP contribution in [-0.2, 0) is 26.4 Å². The van der Waals surface area contributed by atoms with E-state index in [2.05, 4.69) is 36.2 Å². The number of hydrogen-bond acceptors (Lipinski definition) is 2. The molecule has 0 aliphatic heterocycles. The highest BCUT2D eigenvalue weighted by Gasteiger charge is 2.12. The highest BCUT2D eigenvalue weighted by Crippen LogP contribution is 2.16. The minimum absolute atomic E-state index is 0. The molecule has 0 saturated heterocycles. The number of hydrogen-bond donors (Lipinski definition) is 2. The van der Waals surface area contributed by atoms with E-state index in [-0.39, 0.29) is 24.0 Å². The molecular formula is C13H26IN5. The fourth-order valence-corrected chi connectivity index (χ4v) is 2.05. The molecule has 0 aliphatic rings. The van der Waals surface area contributed by atoms with Crippen LogP contribution >= 0.6 is 24.0 Å². The van der Waals surface area contributed by atoms with E-state index in [4.69, 9.17) is 5.73 Å². The average molecular weight is 379 g/mol. The van der Waals surface area contributed by atoms with Gasteiger partial charge in [0.1, 0.15) is 0 Å². The first-order valence-corrected chi connectivity index (χ1v) is 6.71. The van der Waals surface area contributed by atoms with Crippen molar-refractivity contribution >= 4 is 29.9 Å². The Balaban J connectivity index is 0.00000324. The summed E-state index contributed by atoms with van der Waals surface area (Å²) in [5, 5.41) is 7.61. The molecular weight excluding hydrogens is 353 g/mol. The van der Waals surface area contributed by atoms with E-state index in [0.29, 0.717) is 12.5 Å². The van der Waals surface area contributed by atoms with Crippen molar-refractivity contribution < 1.29 is 0 Å². The number of aliphatic imine (C=N–C) groups is 1. The molecule has 1 aromatic rings. The van der Waals surface area contributed by atoms with Crippen molar-refractivity contribution in [3.8, 4) is 0 Å². The van der Waals surface area contributed by atoms with Gasteiger partial charge in [-0.2, -0.15) is 5.10 Å². The molecule has 0 spiro atoms. The standard InChI is InChI=1S/C13H25N5.HI/c1-5-8-15-13(14)16-9-10-11(6-2)17-18(4)12(10)7-3;/h5-9H2,1-4H3,(H3,14,15,16);1H. The molecule has 0 radical (unpaired) electrons. The topological polar surface area (TPSA) is 68.2 Å². The lowest BCUT2D eigenvalue weighted by Gasteiger charge is -2.05. The molecule has 19 heavy (non-hydrogen) atoms. The van der Waals surface area contributed by atoms with E-state index in [9.17, 15) is 0 Å². The fraction of sp³-hybridized carbons (Fsp3) is 0.692. The van der Waals surface area contributed by atoms with Crippen LogP contribution in [0.4, 0.5) is 0 Å². The minimum atomic E-state index is 0. The van der Waals surface area contributed by atoms with Crippen molar-refractivity contribution in [3.05, 3.63) is 17.0 Å². The van der Waals surface area contributed by atoms with Gasteiger partial charge in [-0.25, -0.2) is 4.99 Å². The first-order valence-electron chi connectivity index (χ1n) is 6.71. The van der Waals surface area contributed by atoms with Gasteiger partial charge in [-0.15, -0.1) is 24.0 Å². The van der Waals surface area contributed by atoms with Gasteiger partial charge in [0.15, 0.2) is 5.96 Å². The van der Waals surface area contributed by atoms with Crippen molar-refractivity contribution in [2.75, 3.05) is 6.54 Å². The van der Waals surface area contributed by atoms with E-state index in [0.717, 1.165) is 31.5 Å². The summed E-state index contributed by atoms with van der Waals surface area (Å²) in [4.78, 5) is 4.39. The summed E-state index contributed by atoms with van der Waals surface area (Å²) in [5.41, 5.74) is 9.41. The Morgan fingerprint density at radius 2 is 2.00 bits per heavy atom. The van der Waals surface area contributed by atoms with Crippen molar-refractivity contribution in [1.82, 2.24) is 15.1 Å². The second kappa shape index (κ2) is 9.17. The fourth-order valence-electron chi connectivity index (χ4n) is 2.05. The summed E-state index contributed by atoms with van der Waals surface area (Å²) in [6, 6.07) is 0. The van der Waals surface area contributed by atoms with E-state index >= 15 is 0 Å². The molecule has 6 heteroatoms. The molecule has 0 aliphatic carbocycles. The van der Waals surface area contributed by atoms with Crippen molar-refractivity contribution in [2.45, 2.75) is 46.6 Å². The largest absolute Gasteiger partial charge is 0.370 e. The van der Waals surface area contributed by atoms with Gasteiger partial charge in [0.25, 0.3) is 0 Å². The van der Waals surface area contributed by atoms with Gasteiger partial charge in [0, 0.05) is 24.8 Å². The molecule has 0 bridgehead atoms. The number of halogens is 1. The average Bonchev–Trinajstić information content (AvgIpc) is 2.69. The first-order chi connectivity index (χ1) is 8.63. The molecule has 0 fully saturated rings. The molecule has 1 aromatic heterocycles. The summed E-state index contributed by atoms with van der Waals surface area (Å²) in [6.45, 7) is 7.84. The molecule has 0 amide bonds. The lowest BCUT2D eigenvalue weighted by atomic mass is 10.1. The minimum Gasteiger partial charge on any atom is -0.370 e. The van der Waals surface area contributed by atoms with Gasteiger partial charge in [-0.05, 0) is 19.3 Å². The number of aryl methyl sites for hydroxylation is 2. The molecule has 0 saturated carbocycles. The van der Waals surface area contributed by atoms with Gasteiger partial charge in [0.05, 0.1) is 12.2 Å². The summed E-state index contributed by atoms with van der Waals surface area (Å²) in [7, 11) is 1.99. The van der Waals surface area contributed by atoms with Crippen molar-refractivity contribution in [2.24, 2.45) is 17.8 Å². The van der Waals surface area contributed by atoms with Crippen LogP contribution in [-0.4, -0.2) is 22.3 Å². The summed E-state index contributed by atoms with van der Waals surface area (Å²) < 4.78 is 1.96. The van der Waals surface area contributed by atoms with Crippen LogP contribution in [0.3, 0.4) is 0 Å². The van der Waals surface area contributed by atoms with E-state index in [1.807, 2.05) is 11.7 Å². The zero-order chi connectivity index (χ0) is 13.5. The van der Waals surface area contributed by atoms with Crippen LogP contribution in [0.1, 0.15) is 44.1 Å². The molecule has 110 valence electrons. The van der Waals surface area contributed by atoms with Crippen LogP contribution in [0.15, 0.2) is 4.99 Å². The van der Waals surface area contributed by atoms with Crippen LogP contribution in [0.2, 0.25) is 0 Å². The molecule has 3 N–H and O–H groups in total. The lowest BCUT2D eigenvalue weighted by Crippen LogP contribution is -2.32. The summed E-state index contributed by atoms with van der Waals surface area (Å²) in [5.74, 6) is 0.518. The second-order valence-electron chi connectivity index (χ2n) is 4.33. The highest BCUT2D eigenvalue weighted by molar-refractivity contribution is 14.0. The molecule has 0 atom stereocenters. The van der Waals surface area contributed by atoms with E-state index < -0.39 is 0 Å². The van der Waals surface area contributed by atoms with Crippen molar-refractivity contribution in [1.29, 1.82) is 0 Å². The number of nitrogens with two attached hydrogens (primary N) is 1. The molecule has 0 unspecified atom stereocenters. The van der Waals surface area contributed by atoms with Gasteiger partial charge in [0.2, 0.25) is 0 Å². The summed E-state index contributed by atoms with van der Waals surface area (Å²) in [6.07, 6.45) is 2.95. The predicted octanol–water partition coefficient (Wildman–Crippen LogP) is 1.98. The van der Waals surface area contributed by atoms with Gasteiger partial charge < -0.3 is 11.1 Å². The molecule has 1 heterocycles. The molecule has 1 rings (SSSR count). The Kier molecular flexibility index (Phi) is 8.79. The van der Waals surface area contributed by atoms with Crippen molar-refractivity contribution in [3.63, 3.8) is 0 Å². The number of guanidine groups is 1. The maximum absolute atomic E-state index is 5.81. The molecule has 0 aromatic carbocycles. The SMILES string of the molecule is CCCNC(N)=NCc1c(CC)nn(C)c1CC.I. The monoisotopic (exact) mass is 379 g/mol. The van der Waals surface area contributed by atoms with Gasteiger partial charge >= 0.3 is 0 Å². The van der Waals surface area contributed by atoms with Crippen LogP contribution < -0.4 is 11.1 Å². The Bertz CT molecular complexity index is 411. The Morgan fingerprint density at radius 1 is 1.32 bits per heavy atom. The highest BCUT2D eigenvalue weighted by atomic mass is 127. The number of nitrogens with zero attached hydrogens (tertiary/aromatic N) is 3. The van der Waals surface area contributed by atoms with Crippen LogP contribution in [0, 0.1) is 0 Å². The normalized spacial score (nSPS) is 11.3. The van der Waals surface area contributed by atoms with Gasteiger partial charge in [-0.1, -0.05) is 20.8 Å². The molecule has 5 nitrogen and oxygen atoms in total. The maximum Gasteiger partial charge on any atom is 0.188 e. The Morgan fingerprint density at radius 3 is 2.53 bits per heavy atom. The second-order valence-corrected chi connectivity index (χ2v) is 4.33. The maximum atomic E-state index is 5.81. The van der Waals surface area contributed by atoms with E-state index in [1.165, 1.54) is 11.3 Å². The third-order valence-corrected chi connectivity index (χ3v) is 2.99. The summed E-state index contributed by atoms with van der Waals surface area (Å²) >= 11 is 0. The van der Waals surface area contributed by atoms with Crippen LogP contribution in [0.25, 0.3) is 0 Å². The lowest BCUT2D eigenvalue weighted by molar-refractivity contribution is 0.703. The zero-order valence-corrected chi connectivity index (χ0v) is 14.7. The zero-order valence-electron chi connectivity index (χ0n) is 12.4. The number of nitrogens with one attached hydrogen (secondary N) is 1. The Hall–Kier alpha value is -0.790. The Labute approximate surface area is 133 Å². The number of rotatable bonds is 6. The van der Waals surface area contributed by atoms with E-state index in [1.54, 1.807) is 0 Å². The smallest absolute Gasteiger partial charge is 0.188 e. The predicted molar refractivity (Wildman–Crippen MR) is 91.0 cm³/mol.